The van der Waals surface area contributed by atoms with Crippen molar-refractivity contribution in [2.24, 2.45) is 13.0 Å². The van der Waals surface area contributed by atoms with Crippen molar-refractivity contribution in [1.29, 1.82) is 0 Å². The van der Waals surface area contributed by atoms with Gasteiger partial charge in [-0.25, -0.2) is 9.55 Å². The maximum atomic E-state index is 3.24. The molecule has 1 aromatic rings. The second-order valence-corrected chi connectivity index (χ2v) is 3.80. The molecule has 2 heteroatoms. The van der Waals surface area contributed by atoms with Gasteiger partial charge in [-0.15, -0.1) is 0 Å². The molecular weight excluding hydrogens is 148 g/mol. The summed E-state index contributed by atoms with van der Waals surface area (Å²) in [5.74, 6) is 2.15. The van der Waals surface area contributed by atoms with Crippen molar-refractivity contribution in [3.05, 3.63) is 18.2 Å². The zero-order valence-corrected chi connectivity index (χ0v) is 8.30. The van der Waals surface area contributed by atoms with Gasteiger partial charge in [0.1, 0.15) is 12.4 Å². The third-order valence-corrected chi connectivity index (χ3v) is 2.17. The molecule has 1 rings (SSSR count). The zero-order valence-electron chi connectivity index (χ0n) is 8.30. The van der Waals surface area contributed by atoms with Gasteiger partial charge in [0.25, 0.3) is 5.82 Å². The molecule has 2 nitrogen and oxygen atoms in total. The highest BCUT2D eigenvalue weighted by Gasteiger charge is 2.05. The fourth-order valence-corrected chi connectivity index (χ4v) is 1.36. The molecule has 0 amide bonds. The number of imidazole rings is 1. The van der Waals surface area contributed by atoms with E-state index >= 15 is 0 Å². The molecule has 0 aliphatic heterocycles. The highest BCUT2D eigenvalue weighted by molar-refractivity contribution is 4.76. The van der Waals surface area contributed by atoms with Crippen LogP contribution in [0.4, 0.5) is 0 Å². The molecule has 0 saturated heterocycles. The monoisotopic (exact) mass is 167 g/mol. The molecule has 1 heterocycles. The number of aryl methyl sites for hydroxylation is 2. The van der Waals surface area contributed by atoms with E-state index in [9.17, 15) is 0 Å². The lowest BCUT2D eigenvalue weighted by Gasteiger charge is -2.00. The van der Waals surface area contributed by atoms with Crippen molar-refractivity contribution < 1.29 is 4.57 Å². The van der Waals surface area contributed by atoms with Crippen LogP contribution >= 0.6 is 0 Å². The molecule has 0 saturated carbocycles. The van der Waals surface area contributed by atoms with Crippen LogP contribution in [0.15, 0.2) is 12.4 Å². The first-order valence-electron chi connectivity index (χ1n) is 4.72. The van der Waals surface area contributed by atoms with E-state index in [-0.39, 0.29) is 0 Å². The molecule has 1 N–H and O–H groups in total. The van der Waals surface area contributed by atoms with Crippen LogP contribution in [0.5, 0.6) is 0 Å². The first-order valence-corrected chi connectivity index (χ1v) is 4.72. The molecule has 0 bridgehead atoms. The van der Waals surface area contributed by atoms with Crippen molar-refractivity contribution in [3.63, 3.8) is 0 Å². The Bertz CT molecular complexity index is 225. The van der Waals surface area contributed by atoms with Gasteiger partial charge in [-0.3, -0.25) is 0 Å². The Hall–Kier alpha value is -0.790. The summed E-state index contributed by atoms with van der Waals surface area (Å²) in [5, 5.41) is 0. The van der Waals surface area contributed by atoms with E-state index in [1.54, 1.807) is 0 Å². The lowest BCUT2D eigenvalue weighted by atomic mass is 10.1. The summed E-state index contributed by atoms with van der Waals surface area (Å²) in [6.45, 7) is 4.55. The minimum atomic E-state index is 0.824. The second kappa shape index (κ2) is 4.29. The maximum Gasteiger partial charge on any atom is 0.253 e. The van der Waals surface area contributed by atoms with Crippen LogP contribution < -0.4 is 4.57 Å². The lowest BCUT2D eigenvalue weighted by molar-refractivity contribution is -0.677. The van der Waals surface area contributed by atoms with Crippen LogP contribution in [0.2, 0.25) is 0 Å². The third-order valence-electron chi connectivity index (χ3n) is 2.17. The van der Waals surface area contributed by atoms with Gasteiger partial charge in [0.15, 0.2) is 0 Å². The predicted octanol–water partition coefficient (Wildman–Crippen LogP) is 1.82. The largest absolute Gasteiger partial charge is 0.253 e. The minimum absolute atomic E-state index is 0.824. The van der Waals surface area contributed by atoms with Crippen molar-refractivity contribution in [2.45, 2.75) is 33.1 Å². The Kier molecular flexibility index (Phi) is 3.32. The summed E-state index contributed by atoms with van der Waals surface area (Å²) < 4.78 is 2.15. The highest BCUT2D eigenvalue weighted by Crippen LogP contribution is 2.05. The van der Waals surface area contributed by atoms with E-state index in [1.807, 2.05) is 6.20 Å². The Balaban J connectivity index is 2.29. The lowest BCUT2D eigenvalue weighted by Crippen LogP contribution is -2.30. The predicted molar refractivity (Wildman–Crippen MR) is 49.7 cm³/mol. The van der Waals surface area contributed by atoms with E-state index < -0.39 is 0 Å². The number of H-pyrrole nitrogens is 1. The van der Waals surface area contributed by atoms with E-state index in [0.29, 0.717) is 0 Å². The summed E-state index contributed by atoms with van der Waals surface area (Å²) in [4.78, 5) is 3.24. The van der Waals surface area contributed by atoms with Crippen LogP contribution in [0.3, 0.4) is 0 Å². The Morgan fingerprint density at radius 1 is 1.50 bits per heavy atom. The molecular formula is C10H19N2+. The van der Waals surface area contributed by atoms with Gasteiger partial charge >= 0.3 is 0 Å². The van der Waals surface area contributed by atoms with Crippen LogP contribution in [0.25, 0.3) is 0 Å². The van der Waals surface area contributed by atoms with Gasteiger partial charge < -0.3 is 0 Å². The first-order chi connectivity index (χ1) is 5.70. The van der Waals surface area contributed by atoms with Gasteiger partial charge in [-0.05, 0) is 12.3 Å². The quantitative estimate of drug-likeness (QED) is 0.660. The summed E-state index contributed by atoms with van der Waals surface area (Å²) >= 11 is 0. The molecule has 0 radical (unpaired) electrons. The van der Waals surface area contributed by atoms with Gasteiger partial charge in [0.05, 0.1) is 7.05 Å². The molecule has 0 aliphatic carbocycles. The Morgan fingerprint density at radius 2 is 2.25 bits per heavy atom. The smallest absolute Gasteiger partial charge is 0.248 e. The molecule has 12 heavy (non-hydrogen) atoms. The fourth-order valence-electron chi connectivity index (χ4n) is 1.36. The van der Waals surface area contributed by atoms with E-state index in [4.69, 9.17) is 0 Å². The topological polar surface area (TPSA) is 19.7 Å². The average molecular weight is 167 g/mol. The molecule has 0 spiro atoms. The normalized spacial score (nSPS) is 11.0. The molecule has 1 aromatic heterocycles. The van der Waals surface area contributed by atoms with Gasteiger partial charge in [0, 0.05) is 6.42 Å². The third kappa shape index (κ3) is 2.68. The number of aromatic nitrogens is 2. The van der Waals surface area contributed by atoms with Gasteiger partial charge in [0.2, 0.25) is 0 Å². The van der Waals surface area contributed by atoms with Crippen molar-refractivity contribution >= 4 is 0 Å². The molecule has 0 fully saturated rings. The Labute approximate surface area is 74.6 Å². The number of nitrogens with zero attached hydrogens (tertiary/aromatic N) is 1. The standard InChI is InChI=1S/C10H18N2/c1-9(2)5-4-6-10-11-7-8-12(10)3/h7-9H,4-6H2,1-3H3/p+1. The second-order valence-electron chi connectivity index (χ2n) is 3.80. The number of aromatic amines is 1. The average Bonchev–Trinajstić information content (AvgIpc) is 2.36. The molecule has 0 unspecified atom stereocenters. The van der Waals surface area contributed by atoms with Gasteiger partial charge in [-0.1, -0.05) is 20.3 Å². The van der Waals surface area contributed by atoms with Crippen molar-refractivity contribution in [3.8, 4) is 0 Å². The van der Waals surface area contributed by atoms with Crippen molar-refractivity contribution in [2.75, 3.05) is 0 Å². The van der Waals surface area contributed by atoms with Crippen LogP contribution in [0.1, 0.15) is 32.5 Å². The van der Waals surface area contributed by atoms with E-state index in [2.05, 4.69) is 36.6 Å². The molecule has 68 valence electrons. The van der Waals surface area contributed by atoms with Gasteiger partial charge in [-0.2, -0.15) is 0 Å². The molecule has 0 atom stereocenters. The first kappa shape index (κ1) is 9.30. The highest BCUT2D eigenvalue weighted by atomic mass is 15.0. The number of nitrogens with one attached hydrogen (secondary N) is 1. The molecule has 0 aromatic carbocycles. The molecule has 0 aliphatic rings. The SMILES string of the molecule is CC(C)CCCc1[nH]cc[n+]1C. The number of rotatable bonds is 4. The number of hydrogen-bond donors (Lipinski definition) is 1. The van der Waals surface area contributed by atoms with E-state index in [1.165, 1.54) is 25.1 Å². The summed E-state index contributed by atoms with van der Waals surface area (Å²) in [5.41, 5.74) is 0. The Morgan fingerprint density at radius 3 is 2.75 bits per heavy atom. The summed E-state index contributed by atoms with van der Waals surface area (Å²) in [6.07, 6.45) is 7.82. The summed E-state index contributed by atoms with van der Waals surface area (Å²) in [7, 11) is 2.08. The van der Waals surface area contributed by atoms with E-state index in [0.717, 1.165) is 5.92 Å². The maximum absolute atomic E-state index is 3.24. The van der Waals surface area contributed by atoms with Crippen molar-refractivity contribution in [1.82, 2.24) is 4.98 Å². The van der Waals surface area contributed by atoms with Crippen LogP contribution in [-0.2, 0) is 13.5 Å². The zero-order chi connectivity index (χ0) is 8.97. The van der Waals surface area contributed by atoms with Crippen LogP contribution in [0, 0.1) is 5.92 Å². The summed E-state index contributed by atoms with van der Waals surface area (Å²) in [6, 6.07) is 0. The fraction of sp³-hybridized carbons (Fsp3) is 0.700. The minimum Gasteiger partial charge on any atom is -0.248 e. The van der Waals surface area contributed by atoms with Crippen LogP contribution in [-0.4, -0.2) is 4.98 Å². The number of hydrogen-bond acceptors (Lipinski definition) is 0.